The normalized spacial score (nSPS) is 13.5. The number of carboxylic acids is 1. The van der Waals surface area contributed by atoms with Crippen LogP contribution in [0.15, 0.2) is 0 Å². The summed E-state index contributed by atoms with van der Waals surface area (Å²) in [4.78, 5) is 33.6. The molecule has 6 heteroatoms. The summed E-state index contributed by atoms with van der Waals surface area (Å²) >= 11 is 0. The largest absolute Gasteiger partial charge is 0.480 e. The second kappa shape index (κ2) is 8.49. The topological polar surface area (TPSA) is 92.7 Å². The summed E-state index contributed by atoms with van der Waals surface area (Å²) in [5.74, 6) is -2.16. The van der Waals surface area contributed by atoms with Gasteiger partial charge in [0.2, 0.25) is 5.91 Å². The summed E-state index contributed by atoms with van der Waals surface area (Å²) in [6.07, 6.45) is 1.56. The van der Waals surface area contributed by atoms with Gasteiger partial charge >= 0.3 is 11.9 Å². The number of ether oxygens (including phenoxy) is 1. The summed E-state index contributed by atoms with van der Waals surface area (Å²) in [7, 11) is 1.24. The first-order valence-electron chi connectivity index (χ1n) is 6.02. The van der Waals surface area contributed by atoms with Crippen LogP contribution in [0.1, 0.15) is 39.5 Å². The summed E-state index contributed by atoms with van der Waals surface area (Å²) in [5.41, 5.74) is 0. The van der Waals surface area contributed by atoms with E-state index in [-0.39, 0.29) is 24.7 Å². The van der Waals surface area contributed by atoms with E-state index < -0.39 is 18.0 Å². The molecule has 0 bridgehead atoms. The summed E-state index contributed by atoms with van der Waals surface area (Å²) in [6.45, 7) is 3.70. The maximum atomic E-state index is 11.7. The molecule has 2 N–H and O–H groups in total. The van der Waals surface area contributed by atoms with Gasteiger partial charge in [-0.25, -0.2) is 4.79 Å². The molecule has 0 aromatic rings. The average Bonchev–Trinajstić information content (AvgIpc) is 2.33. The van der Waals surface area contributed by atoms with Crippen molar-refractivity contribution in [3.8, 4) is 0 Å². The molecule has 0 aliphatic rings. The van der Waals surface area contributed by atoms with Crippen molar-refractivity contribution in [3.63, 3.8) is 0 Å². The monoisotopic (exact) mass is 259 g/mol. The van der Waals surface area contributed by atoms with Crippen LogP contribution in [-0.2, 0) is 19.1 Å². The molecule has 0 radical (unpaired) electrons. The van der Waals surface area contributed by atoms with Crippen LogP contribution in [0.25, 0.3) is 0 Å². The zero-order valence-corrected chi connectivity index (χ0v) is 11.1. The zero-order chi connectivity index (χ0) is 14.1. The van der Waals surface area contributed by atoms with E-state index in [1.807, 2.05) is 6.92 Å². The van der Waals surface area contributed by atoms with Crippen LogP contribution in [0.2, 0.25) is 0 Å². The van der Waals surface area contributed by atoms with Crippen LogP contribution in [0.3, 0.4) is 0 Å². The molecule has 0 spiro atoms. The smallest absolute Gasteiger partial charge is 0.326 e. The number of carbonyl (C=O) groups excluding carboxylic acids is 2. The van der Waals surface area contributed by atoms with Gasteiger partial charge in [0.1, 0.15) is 6.04 Å². The molecule has 0 aromatic carbocycles. The number of amides is 1. The molecule has 0 aliphatic heterocycles. The summed E-state index contributed by atoms with van der Waals surface area (Å²) < 4.78 is 4.43. The molecule has 0 fully saturated rings. The van der Waals surface area contributed by atoms with Crippen molar-refractivity contribution >= 4 is 17.8 Å². The standard InChI is InChI=1S/C12H21NO5/c1-4-5-8(2)11(15)13-9(12(16)17)6-7-10(14)18-3/h8-9H,4-7H2,1-3H3,(H,13,15)(H,16,17). The van der Waals surface area contributed by atoms with Crippen LogP contribution in [0, 0.1) is 5.92 Å². The molecule has 104 valence electrons. The Bertz CT molecular complexity index is 303. The van der Waals surface area contributed by atoms with E-state index in [4.69, 9.17) is 5.11 Å². The van der Waals surface area contributed by atoms with Crippen molar-refractivity contribution in [1.82, 2.24) is 5.32 Å². The van der Waals surface area contributed by atoms with Crippen molar-refractivity contribution in [2.45, 2.75) is 45.6 Å². The van der Waals surface area contributed by atoms with Gasteiger partial charge in [0.15, 0.2) is 0 Å². The molecule has 0 rings (SSSR count). The summed E-state index contributed by atoms with van der Waals surface area (Å²) in [5, 5.41) is 11.4. The summed E-state index contributed by atoms with van der Waals surface area (Å²) in [6, 6.07) is -1.05. The van der Waals surface area contributed by atoms with E-state index in [2.05, 4.69) is 10.1 Å². The minimum atomic E-state index is -1.14. The second-order valence-electron chi connectivity index (χ2n) is 4.20. The lowest BCUT2D eigenvalue weighted by Gasteiger charge is -2.17. The molecular formula is C12H21NO5. The molecule has 2 unspecified atom stereocenters. The van der Waals surface area contributed by atoms with Gasteiger partial charge in [-0.05, 0) is 12.8 Å². The number of esters is 1. The number of carboxylic acid groups (broad SMARTS) is 1. The fourth-order valence-electron chi connectivity index (χ4n) is 1.50. The van der Waals surface area contributed by atoms with E-state index in [0.29, 0.717) is 6.42 Å². The van der Waals surface area contributed by atoms with Gasteiger partial charge in [0.05, 0.1) is 7.11 Å². The minimum Gasteiger partial charge on any atom is -0.480 e. The molecule has 0 saturated carbocycles. The van der Waals surface area contributed by atoms with Gasteiger partial charge in [-0.15, -0.1) is 0 Å². The quantitative estimate of drug-likeness (QED) is 0.633. The van der Waals surface area contributed by atoms with Gasteiger partial charge in [-0.2, -0.15) is 0 Å². The van der Waals surface area contributed by atoms with Crippen molar-refractivity contribution < 1.29 is 24.2 Å². The second-order valence-corrected chi connectivity index (χ2v) is 4.20. The maximum Gasteiger partial charge on any atom is 0.326 e. The Kier molecular flexibility index (Phi) is 7.74. The fourth-order valence-corrected chi connectivity index (χ4v) is 1.50. The fraction of sp³-hybridized carbons (Fsp3) is 0.750. The lowest BCUT2D eigenvalue weighted by molar-refractivity contribution is -0.144. The number of nitrogens with one attached hydrogen (secondary N) is 1. The van der Waals surface area contributed by atoms with Crippen molar-refractivity contribution in [2.75, 3.05) is 7.11 Å². The van der Waals surface area contributed by atoms with Gasteiger partial charge in [-0.1, -0.05) is 20.3 Å². The Labute approximate surface area is 107 Å². The van der Waals surface area contributed by atoms with Gasteiger partial charge < -0.3 is 15.2 Å². The van der Waals surface area contributed by atoms with Crippen LogP contribution in [0.4, 0.5) is 0 Å². The highest BCUT2D eigenvalue weighted by molar-refractivity contribution is 5.85. The molecule has 2 atom stereocenters. The molecule has 0 aromatic heterocycles. The molecule has 6 nitrogen and oxygen atoms in total. The van der Waals surface area contributed by atoms with Gasteiger partial charge in [-0.3, -0.25) is 9.59 Å². The molecule has 0 aliphatic carbocycles. The highest BCUT2D eigenvalue weighted by Crippen LogP contribution is 2.07. The first kappa shape index (κ1) is 16.4. The molecule has 0 saturated heterocycles. The first-order valence-corrected chi connectivity index (χ1v) is 6.02. The SMILES string of the molecule is CCCC(C)C(=O)NC(CCC(=O)OC)C(=O)O. The lowest BCUT2D eigenvalue weighted by atomic mass is 10.0. The Balaban J connectivity index is 4.31. The third-order valence-electron chi connectivity index (χ3n) is 2.65. The number of hydrogen-bond acceptors (Lipinski definition) is 4. The van der Waals surface area contributed by atoms with Crippen molar-refractivity contribution in [3.05, 3.63) is 0 Å². The average molecular weight is 259 g/mol. The molecular weight excluding hydrogens is 238 g/mol. The zero-order valence-electron chi connectivity index (χ0n) is 11.1. The van der Waals surface area contributed by atoms with Crippen molar-refractivity contribution in [1.29, 1.82) is 0 Å². The van der Waals surface area contributed by atoms with E-state index >= 15 is 0 Å². The van der Waals surface area contributed by atoms with E-state index in [1.165, 1.54) is 7.11 Å². The molecule has 0 heterocycles. The number of rotatable bonds is 8. The lowest BCUT2D eigenvalue weighted by Crippen LogP contribution is -2.43. The predicted molar refractivity (Wildman–Crippen MR) is 64.9 cm³/mol. The van der Waals surface area contributed by atoms with Gasteiger partial charge in [0.25, 0.3) is 0 Å². The number of carbonyl (C=O) groups is 3. The van der Waals surface area contributed by atoms with E-state index in [9.17, 15) is 14.4 Å². The molecule has 1 amide bonds. The Morgan fingerprint density at radius 1 is 1.28 bits per heavy atom. The predicted octanol–water partition coefficient (Wildman–Crippen LogP) is 0.945. The van der Waals surface area contributed by atoms with E-state index in [1.54, 1.807) is 6.92 Å². The van der Waals surface area contributed by atoms with Crippen LogP contribution in [-0.4, -0.2) is 36.1 Å². The Morgan fingerprint density at radius 2 is 1.89 bits per heavy atom. The minimum absolute atomic E-state index is 0.0318. The Hall–Kier alpha value is -1.59. The van der Waals surface area contributed by atoms with E-state index in [0.717, 1.165) is 6.42 Å². The van der Waals surface area contributed by atoms with Crippen molar-refractivity contribution in [2.24, 2.45) is 5.92 Å². The van der Waals surface area contributed by atoms with Crippen LogP contribution in [0.5, 0.6) is 0 Å². The third-order valence-corrected chi connectivity index (χ3v) is 2.65. The maximum absolute atomic E-state index is 11.7. The Morgan fingerprint density at radius 3 is 2.33 bits per heavy atom. The van der Waals surface area contributed by atoms with Crippen LogP contribution >= 0.6 is 0 Å². The number of aliphatic carboxylic acids is 1. The molecule has 18 heavy (non-hydrogen) atoms. The van der Waals surface area contributed by atoms with Crippen LogP contribution < -0.4 is 5.32 Å². The van der Waals surface area contributed by atoms with Gasteiger partial charge in [0, 0.05) is 12.3 Å². The number of methoxy groups -OCH3 is 1. The highest BCUT2D eigenvalue weighted by Gasteiger charge is 2.23. The number of hydrogen-bond donors (Lipinski definition) is 2. The highest BCUT2D eigenvalue weighted by atomic mass is 16.5. The first-order chi connectivity index (χ1) is 8.42. The third kappa shape index (κ3) is 6.22.